The standard InChI is InChI=1S/C8H7BF3N2/c10-9(11,12)5-14-6-13-7-3-1-2-4-8(7)14/h1-4,6H,5H2/q-1. The van der Waals surface area contributed by atoms with Crippen molar-refractivity contribution in [2.24, 2.45) is 0 Å². The molecule has 1 aromatic heterocycles. The third kappa shape index (κ3) is 1.73. The lowest BCUT2D eigenvalue weighted by Crippen LogP contribution is -2.23. The van der Waals surface area contributed by atoms with Gasteiger partial charge in [-0.05, 0) is 18.6 Å². The molecule has 0 saturated carbocycles. The first-order valence-corrected chi connectivity index (χ1v) is 4.17. The predicted octanol–water partition coefficient (Wildman–Crippen LogP) is 2.42. The Bertz CT molecular complexity index is 449. The van der Waals surface area contributed by atoms with Crippen molar-refractivity contribution < 1.29 is 12.9 Å². The molecule has 1 aromatic carbocycles. The molecule has 0 fully saturated rings. The van der Waals surface area contributed by atoms with Crippen LogP contribution in [-0.2, 0) is 6.44 Å². The molecule has 0 atom stereocenters. The van der Waals surface area contributed by atoms with Crippen LogP contribution in [0.5, 0.6) is 0 Å². The monoisotopic (exact) mass is 199 g/mol. The Morgan fingerprint density at radius 2 is 1.93 bits per heavy atom. The SMILES string of the molecule is F[B-](F)(F)Cn1cnc2ccccc21. The second-order valence-electron chi connectivity index (χ2n) is 3.10. The summed E-state index contributed by atoms with van der Waals surface area (Å²) in [5.41, 5.74) is 1.11. The quantitative estimate of drug-likeness (QED) is 0.679. The molecule has 0 aliphatic rings. The molecule has 2 rings (SSSR count). The van der Waals surface area contributed by atoms with Gasteiger partial charge in [-0.15, -0.1) is 0 Å². The van der Waals surface area contributed by atoms with Crippen LogP contribution in [0.2, 0.25) is 0 Å². The second-order valence-corrected chi connectivity index (χ2v) is 3.10. The normalized spacial score (nSPS) is 12.2. The van der Waals surface area contributed by atoms with E-state index in [1.54, 1.807) is 24.3 Å². The molecule has 74 valence electrons. The number of benzene rings is 1. The molecule has 0 bridgehead atoms. The van der Waals surface area contributed by atoms with Crippen LogP contribution in [0.15, 0.2) is 30.6 Å². The van der Waals surface area contributed by atoms with E-state index in [0.717, 1.165) is 4.57 Å². The average molecular weight is 199 g/mol. The average Bonchev–Trinajstić information content (AvgIpc) is 2.47. The number of halogens is 3. The van der Waals surface area contributed by atoms with Gasteiger partial charge in [-0.1, -0.05) is 12.1 Å². The third-order valence-electron chi connectivity index (χ3n) is 1.93. The summed E-state index contributed by atoms with van der Waals surface area (Å²) in [6.07, 6.45) is 0.292. The van der Waals surface area contributed by atoms with E-state index in [1.807, 2.05) is 0 Å². The maximum Gasteiger partial charge on any atom is 0.497 e. The number of fused-ring (bicyclic) bond motifs is 1. The molecule has 0 spiro atoms. The molecule has 0 unspecified atom stereocenters. The van der Waals surface area contributed by atoms with E-state index < -0.39 is 13.4 Å². The molecule has 6 heteroatoms. The summed E-state index contributed by atoms with van der Waals surface area (Å²) < 4.78 is 37.6. The highest BCUT2D eigenvalue weighted by Crippen LogP contribution is 2.17. The molecule has 0 saturated heterocycles. The summed E-state index contributed by atoms with van der Waals surface area (Å²) in [6.45, 7) is -4.81. The zero-order valence-corrected chi connectivity index (χ0v) is 7.20. The van der Waals surface area contributed by atoms with Gasteiger partial charge in [-0.2, -0.15) is 0 Å². The van der Waals surface area contributed by atoms with Crippen LogP contribution in [0.25, 0.3) is 11.0 Å². The first-order chi connectivity index (χ1) is 6.56. The summed E-state index contributed by atoms with van der Waals surface area (Å²) in [4.78, 5) is 3.88. The molecule has 1 heterocycles. The van der Waals surface area contributed by atoms with Gasteiger partial charge < -0.3 is 17.5 Å². The van der Waals surface area contributed by atoms with Gasteiger partial charge in [-0.25, -0.2) is 4.98 Å². The lowest BCUT2D eigenvalue weighted by atomic mass is 9.92. The first kappa shape index (κ1) is 9.11. The number of aromatic nitrogens is 2. The highest BCUT2D eigenvalue weighted by Gasteiger charge is 2.24. The van der Waals surface area contributed by atoms with Gasteiger partial charge in [0, 0.05) is 0 Å². The number of hydrogen-bond acceptors (Lipinski definition) is 1. The van der Waals surface area contributed by atoms with Crippen LogP contribution in [0, 0.1) is 0 Å². The van der Waals surface area contributed by atoms with Crippen LogP contribution in [-0.4, -0.2) is 16.5 Å². The van der Waals surface area contributed by atoms with E-state index in [2.05, 4.69) is 4.98 Å². The van der Waals surface area contributed by atoms with Gasteiger partial charge in [0.2, 0.25) is 0 Å². The first-order valence-electron chi connectivity index (χ1n) is 4.17. The highest BCUT2D eigenvalue weighted by atomic mass is 19.4. The Morgan fingerprint density at radius 1 is 1.21 bits per heavy atom. The Balaban J connectivity index is 2.44. The summed E-state index contributed by atoms with van der Waals surface area (Å²) in [5, 5.41) is 0. The van der Waals surface area contributed by atoms with Gasteiger partial charge in [0.15, 0.2) is 0 Å². The van der Waals surface area contributed by atoms with Crippen LogP contribution >= 0.6 is 0 Å². The molecule has 2 aromatic rings. The number of imidazole rings is 1. The summed E-state index contributed by atoms with van der Waals surface area (Å²) in [5.74, 6) is 0. The zero-order chi connectivity index (χ0) is 10.2. The molecule has 0 N–H and O–H groups in total. The van der Waals surface area contributed by atoms with Crippen molar-refractivity contribution in [3.8, 4) is 0 Å². The van der Waals surface area contributed by atoms with E-state index in [0.29, 0.717) is 11.0 Å². The minimum atomic E-state index is -4.81. The summed E-state index contributed by atoms with van der Waals surface area (Å²) >= 11 is 0. The summed E-state index contributed by atoms with van der Waals surface area (Å²) in [7, 11) is 0. The molecular formula is C8H7BF3N2-. The van der Waals surface area contributed by atoms with E-state index in [1.165, 1.54) is 6.33 Å². The number of para-hydroxylation sites is 2. The van der Waals surface area contributed by atoms with E-state index in [9.17, 15) is 12.9 Å². The van der Waals surface area contributed by atoms with Gasteiger partial charge >= 0.3 is 6.98 Å². The second kappa shape index (κ2) is 3.04. The van der Waals surface area contributed by atoms with E-state index in [4.69, 9.17) is 0 Å². The van der Waals surface area contributed by atoms with Crippen LogP contribution < -0.4 is 0 Å². The van der Waals surface area contributed by atoms with Crippen molar-refractivity contribution in [3.63, 3.8) is 0 Å². The summed E-state index contributed by atoms with van der Waals surface area (Å²) in [6, 6.07) is 6.77. The number of nitrogens with zero attached hydrogens (tertiary/aromatic N) is 2. The van der Waals surface area contributed by atoms with Crippen LogP contribution in [0.3, 0.4) is 0 Å². The Hall–Kier alpha value is -1.46. The van der Waals surface area contributed by atoms with E-state index in [-0.39, 0.29) is 0 Å². The lowest BCUT2D eigenvalue weighted by Gasteiger charge is -2.14. The minimum Gasteiger partial charge on any atom is -0.448 e. The van der Waals surface area contributed by atoms with E-state index >= 15 is 0 Å². The Morgan fingerprint density at radius 3 is 2.64 bits per heavy atom. The zero-order valence-electron chi connectivity index (χ0n) is 7.20. The van der Waals surface area contributed by atoms with Crippen molar-refractivity contribution in [2.45, 2.75) is 6.44 Å². The topological polar surface area (TPSA) is 17.8 Å². The molecule has 0 aliphatic carbocycles. The third-order valence-corrected chi connectivity index (χ3v) is 1.93. The Kier molecular flexibility index (Phi) is 1.98. The van der Waals surface area contributed by atoms with Gasteiger partial charge in [-0.3, -0.25) is 0 Å². The van der Waals surface area contributed by atoms with Crippen molar-refractivity contribution >= 4 is 18.0 Å². The lowest BCUT2D eigenvalue weighted by molar-refractivity contribution is 0.447. The minimum absolute atomic E-state index is 0.520. The fourth-order valence-corrected chi connectivity index (χ4v) is 1.38. The molecule has 0 amide bonds. The van der Waals surface area contributed by atoms with Crippen molar-refractivity contribution in [2.75, 3.05) is 0 Å². The maximum absolute atomic E-state index is 12.2. The molecule has 0 aliphatic heterocycles. The number of hydrogen-bond donors (Lipinski definition) is 0. The fraction of sp³-hybridized carbons (Fsp3) is 0.125. The van der Waals surface area contributed by atoms with Gasteiger partial charge in [0.1, 0.15) is 0 Å². The molecule has 0 radical (unpaired) electrons. The molecule has 2 nitrogen and oxygen atoms in total. The van der Waals surface area contributed by atoms with Crippen molar-refractivity contribution in [1.29, 1.82) is 0 Å². The fourth-order valence-electron chi connectivity index (χ4n) is 1.38. The number of rotatable bonds is 2. The molecule has 14 heavy (non-hydrogen) atoms. The smallest absolute Gasteiger partial charge is 0.448 e. The van der Waals surface area contributed by atoms with Crippen LogP contribution in [0.4, 0.5) is 12.9 Å². The van der Waals surface area contributed by atoms with Crippen molar-refractivity contribution in [3.05, 3.63) is 30.6 Å². The van der Waals surface area contributed by atoms with Gasteiger partial charge in [0.05, 0.1) is 17.4 Å². The predicted molar refractivity (Wildman–Crippen MR) is 48.8 cm³/mol. The maximum atomic E-state index is 12.2. The highest BCUT2D eigenvalue weighted by molar-refractivity contribution is 6.57. The van der Waals surface area contributed by atoms with Crippen molar-refractivity contribution in [1.82, 2.24) is 9.55 Å². The largest absolute Gasteiger partial charge is 0.497 e. The Labute approximate surface area is 78.4 Å². The van der Waals surface area contributed by atoms with Gasteiger partial charge in [0.25, 0.3) is 0 Å². The van der Waals surface area contributed by atoms with Crippen LogP contribution in [0.1, 0.15) is 0 Å². The molecular weight excluding hydrogens is 192 g/mol.